The van der Waals surface area contributed by atoms with Crippen molar-refractivity contribution in [3.8, 4) is 0 Å². The molecular weight excluding hydrogens is 166 g/mol. The van der Waals surface area contributed by atoms with E-state index in [1.54, 1.807) is 19.9 Å². The van der Waals surface area contributed by atoms with Crippen LogP contribution >= 0.6 is 0 Å². The van der Waals surface area contributed by atoms with Crippen molar-refractivity contribution in [1.29, 1.82) is 5.41 Å². The summed E-state index contributed by atoms with van der Waals surface area (Å²) < 4.78 is 4.81. The Morgan fingerprint density at radius 1 is 1.46 bits per heavy atom. The fourth-order valence-corrected chi connectivity index (χ4v) is 0.887. The van der Waals surface area contributed by atoms with Crippen molar-refractivity contribution in [2.24, 2.45) is 0 Å². The molecule has 0 rings (SSSR count). The maximum Gasteiger partial charge on any atom is 0.339 e. The molecule has 0 unspecified atom stereocenters. The monoisotopic (exact) mass is 183 g/mol. The van der Waals surface area contributed by atoms with Crippen LogP contribution in [0.5, 0.6) is 0 Å². The van der Waals surface area contributed by atoms with E-state index in [9.17, 15) is 4.79 Å². The van der Waals surface area contributed by atoms with Gasteiger partial charge in [0.25, 0.3) is 0 Å². The second-order valence-electron chi connectivity index (χ2n) is 2.75. The number of nitrogens with one attached hydrogen (secondary N) is 1. The van der Waals surface area contributed by atoms with Crippen LogP contribution < -0.4 is 0 Å². The van der Waals surface area contributed by atoms with Crippen LogP contribution in [0.25, 0.3) is 0 Å². The highest BCUT2D eigenvalue weighted by Crippen LogP contribution is 2.03. The van der Waals surface area contributed by atoms with Crippen LogP contribution in [0.2, 0.25) is 0 Å². The minimum absolute atomic E-state index is 0.270. The van der Waals surface area contributed by atoms with Gasteiger partial charge in [-0.05, 0) is 20.3 Å². The fourth-order valence-electron chi connectivity index (χ4n) is 0.887. The van der Waals surface area contributed by atoms with Gasteiger partial charge in [0.1, 0.15) is 0 Å². The molecule has 0 aliphatic carbocycles. The Balaban J connectivity index is 4.41. The average Bonchev–Trinajstić information content (AvgIpc) is 2.05. The molecule has 0 aromatic carbocycles. The first-order chi connectivity index (χ1) is 6.13. The summed E-state index contributed by atoms with van der Waals surface area (Å²) in [6.45, 7) is 5.74. The van der Waals surface area contributed by atoms with E-state index in [1.165, 1.54) is 0 Å². The van der Waals surface area contributed by atoms with Crippen LogP contribution in [-0.2, 0) is 9.53 Å². The van der Waals surface area contributed by atoms with Crippen molar-refractivity contribution >= 4 is 11.7 Å². The van der Waals surface area contributed by atoms with Gasteiger partial charge in [-0.2, -0.15) is 0 Å². The van der Waals surface area contributed by atoms with Crippen molar-refractivity contribution in [3.05, 3.63) is 11.6 Å². The number of hydrogen-bond donors (Lipinski definition) is 1. The minimum Gasteiger partial charge on any atom is -0.462 e. The second kappa shape index (κ2) is 6.40. The lowest BCUT2D eigenvalue weighted by Crippen LogP contribution is -2.13. The molecule has 0 atom stereocenters. The summed E-state index contributed by atoms with van der Waals surface area (Å²) in [4.78, 5) is 11.3. The number of rotatable bonds is 5. The Morgan fingerprint density at radius 2 is 2.08 bits per heavy atom. The Bertz CT molecular complexity index is 219. The predicted molar refractivity (Wildman–Crippen MR) is 53.0 cm³/mol. The lowest BCUT2D eigenvalue weighted by molar-refractivity contribution is -0.137. The highest BCUT2D eigenvalue weighted by atomic mass is 16.5. The van der Waals surface area contributed by atoms with Crippen molar-refractivity contribution in [3.63, 3.8) is 0 Å². The smallest absolute Gasteiger partial charge is 0.339 e. The van der Waals surface area contributed by atoms with E-state index in [0.29, 0.717) is 12.2 Å². The quantitative estimate of drug-likeness (QED) is 0.404. The third kappa shape index (κ3) is 4.45. The highest BCUT2D eigenvalue weighted by molar-refractivity contribution is 6.17. The number of hydrogen-bond acceptors (Lipinski definition) is 3. The maximum absolute atomic E-state index is 11.3. The van der Waals surface area contributed by atoms with Crippen molar-refractivity contribution < 1.29 is 9.53 Å². The molecule has 0 bridgehead atoms. The summed E-state index contributed by atoms with van der Waals surface area (Å²) in [6.07, 6.45) is 3.54. The number of carbonyl (C=O) groups is 1. The van der Waals surface area contributed by atoms with Crippen LogP contribution in [0.15, 0.2) is 11.6 Å². The van der Waals surface area contributed by atoms with E-state index in [0.717, 1.165) is 12.8 Å². The van der Waals surface area contributed by atoms with Crippen LogP contribution in [0.4, 0.5) is 0 Å². The number of ether oxygens (including phenoxy) is 1. The van der Waals surface area contributed by atoms with Crippen LogP contribution in [0.1, 0.15) is 33.6 Å². The summed E-state index contributed by atoms with van der Waals surface area (Å²) in [5.41, 5.74) is 0.663. The zero-order chi connectivity index (χ0) is 10.3. The highest BCUT2D eigenvalue weighted by Gasteiger charge is 2.11. The van der Waals surface area contributed by atoms with Gasteiger partial charge >= 0.3 is 5.97 Å². The Kier molecular flexibility index (Phi) is 5.85. The number of esters is 1. The van der Waals surface area contributed by atoms with Gasteiger partial charge in [-0.3, -0.25) is 0 Å². The molecule has 0 aliphatic heterocycles. The molecule has 0 saturated heterocycles. The van der Waals surface area contributed by atoms with Gasteiger partial charge in [0.15, 0.2) is 0 Å². The summed E-state index contributed by atoms with van der Waals surface area (Å²) in [5, 5.41) is 7.37. The normalized spacial score (nSPS) is 11.2. The van der Waals surface area contributed by atoms with E-state index >= 15 is 0 Å². The van der Waals surface area contributed by atoms with Crippen molar-refractivity contribution in [2.45, 2.75) is 33.6 Å². The van der Waals surface area contributed by atoms with Gasteiger partial charge in [-0.15, -0.1) is 0 Å². The molecule has 0 aromatic heterocycles. The van der Waals surface area contributed by atoms with E-state index in [1.807, 2.05) is 6.92 Å². The number of allylic oxidation sites excluding steroid dienone is 1. The largest absolute Gasteiger partial charge is 0.462 e. The second-order valence-corrected chi connectivity index (χ2v) is 2.75. The van der Waals surface area contributed by atoms with Crippen LogP contribution in [0.3, 0.4) is 0 Å². The third-order valence-corrected chi connectivity index (χ3v) is 1.54. The molecule has 0 spiro atoms. The Hall–Kier alpha value is -1.12. The Labute approximate surface area is 79.3 Å². The molecule has 1 N–H and O–H groups in total. The van der Waals surface area contributed by atoms with E-state index in [2.05, 4.69) is 0 Å². The predicted octanol–water partition coefficient (Wildman–Crippen LogP) is 2.32. The lowest BCUT2D eigenvalue weighted by Gasteiger charge is -2.04. The molecule has 0 radical (unpaired) electrons. The summed E-state index contributed by atoms with van der Waals surface area (Å²) in [6, 6.07) is 0. The van der Waals surface area contributed by atoms with Gasteiger partial charge in [-0.1, -0.05) is 19.4 Å². The standard InChI is InChI=1S/C10H17NO2/c1-4-6-7-9(8(3)11)10(12)13-5-2/h7,11H,4-6H2,1-3H3/b9-7-,11-8?. The van der Waals surface area contributed by atoms with Crippen molar-refractivity contribution in [2.75, 3.05) is 6.61 Å². The average molecular weight is 183 g/mol. The molecule has 0 saturated carbocycles. The molecule has 74 valence electrons. The van der Waals surface area contributed by atoms with Crippen LogP contribution in [0, 0.1) is 5.41 Å². The number of carbonyl (C=O) groups excluding carboxylic acids is 1. The SMILES string of the molecule is CCC/C=C(/C(C)=N)C(=O)OCC. The molecule has 13 heavy (non-hydrogen) atoms. The summed E-state index contributed by atoms with van der Waals surface area (Å²) in [5.74, 6) is -0.386. The molecular formula is C10H17NO2. The lowest BCUT2D eigenvalue weighted by atomic mass is 10.1. The first kappa shape index (κ1) is 11.9. The molecule has 3 heteroatoms. The zero-order valence-corrected chi connectivity index (χ0v) is 8.52. The fraction of sp³-hybridized carbons (Fsp3) is 0.600. The van der Waals surface area contributed by atoms with Gasteiger partial charge in [0.05, 0.1) is 12.2 Å². The molecule has 3 nitrogen and oxygen atoms in total. The maximum atomic E-state index is 11.3. The van der Waals surface area contributed by atoms with Gasteiger partial charge in [0.2, 0.25) is 0 Å². The summed E-state index contributed by atoms with van der Waals surface area (Å²) in [7, 11) is 0. The van der Waals surface area contributed by atoms with Crippen molar-refractivity contribution in [1.82, 2.24) is 0 Å². The molecule has 0 amide bonds. The summed E-state index contributed by atoms with van der Waals surface area (Å²) >= 11 is 0. The van der Waals surface area contributed by atoms with Gasteiger partial charge < -0.3 is 10.1 Å². The topological polar surface area (TPSA) is 50.2 Å². The van der Waals surface area contributed by atoms with E-state index < -0.39 is 0 Å². The molecule has 0 heterocycles. The van der Waals surface area contributed by atoms with Gasteiger partial charge in [0, 0.05) is 5.71 Å². The zero-order valence-electron chi connectivity index (χ0n) is 8.52. The first-order valence-electron chi connectivity index (χ1n) is 4.56. The van der Waals surface area contributed by atoms with Crippen LogP contribution in [-0.4, -0.2) is 18.3 Å². The van der Waals surface area contributed by atoms with E-state index in [-0.39, 0.29) is 11.7 Å². The minimum atomic E-state index is -0.386. The van der Waals surface area contributed by atoms with E-state index in [4.69, 9.17) is 10.1 Å². The molecule has 0 aliphatic rings. The first-order valence-corrected chi connectivity index (χ1v) is 4.56. The third-order valence-electron chi connectivity index (χ3n) is 1.54. The molecule has 0 aromatic rings. The molecule has 0 fully saturated rings. The number of unbranched alkanes of at least 4 members (excludes halogenated alkanes) is 1. The Morgan fingerprint density at radius 3 is 2.46 bits per heavy atom. The van der Waals surface area contributed by atoms with Gasteiger partial charge in [-0.25, -0.2) is 4.79 Å².